The van der Waals surface area contributed by atoms with Crippen molar-refractivity contribution >= 4 is 23.2 Å². The van der Waals surface area contributed by atoms with Crippen molar-refractivity contribution in [2.24, 2.45) is 10.6 Å². The minimum absolute atomic E-state index is 0.0240. The number of halogens is 2. The van der Waals surface area contributed by atoms with Crippen LogP contribution in [0.25, 0.3) is 0 Å². The fourth-order valence-electron chi connectivity index (χ4n) is 3.63. The Kier molecular flexibility index (Phi) is 6.04. The Balaban J connectivity index is 2.53. The summed E-state index contributed by atoms with van der Waals surface area (Å²) in [4.78, 5) is 11.6. The minimum atomic E-state index is -0.898. The Morgan fingerprint density at radius 2 is 1.65 bits per heavy atom. The first-order valence-corrected chi connectivity index (χ1v) is 9.31. The van der Waals surface area contributed by atoms with E-state index in [9.17, 15) is 10.0 Å². The largest absolute Gasteiger partial charge is 0.508 e. The molecule has 0 saturated heterocycles. The van der Waals surface area contributed by atoms with Gasteiger partial charge in [0.05, 0.1) is 0 Å². The number of phenolic OH excluding ortho intramolecular Hbond substituents is 1. The molecule has 0 amide bonds. The van der Waals surface area contributed by atoms with Crippen molar-refractivity contribution in [2.75, 3.05) is 0 Å². The predicted octanol–water partition coefficient (Wildman–Crippen LogP) is 7.27. The topological polar surface area (TPSA) is 49.7 Å². The molecule has 2 aromatic rings. The number of nitrogens with zero attached hydrogens (tertiary/aromatic N) is 1. The molecule has 0 bridgehead atoms. The lowest BCUT2D eigenvalue weighted by Gasteiger charge is -2.33. The monoisotopic (exact) mass is 393 g/mol. The van der Waals surface area contributed by atoms with E-state index < -0.39 is 6.04 Å². The van der Waals surface area contributed by atoms with Gasteiger partial charge in [0.15, 0.2) is 0 Å². The molecule has 1 N–H and O–H groups in total. The van der Waals surface area contributed by atoms with Crippen molar-refractivity contribution in [1.29, 1.82) is 0 Å². The van der Waals surface area contributed by atoms with Gasteiger partial charge in [0.1, 0.15) is 11.8 Å². The summed E-state index contributed by atoms with van der Waals surface area (Å²) in [5, 5.41) is 14.4. The van der Waals surface area contributed by atoms with Crippen LogP contribution in [0.5, 0.6) is 5.75 Å². The Bertz CT molecular complexity index is 810. The highest BCUT2D eigenvalue weighted by atomic mass is 35.5. The Morgan fingerprint density at radius 3 is 2.19 bits per heavy atom. The van der Waals surface area contributed by atoms with E-state index in [1.54, 1.807) is 24.3 Å². The van der Waals surface area contributed by atoms with Crippen molar-refractivity contribution in [3.8, 4) is 5.75 Å². The number of benzene rings is 2. The zero-order chi connectivity index (χ0) is 19.7. The van der Waals surface area contributed by atoms with Crippen LogP contribution in [0.1, 0.15) is 63.8 Å². The van der Waals surface area contributed by atoms with Crippen LogP contribution in [0, 0.1) is 10.3 Å². The molecule has 0 aromatic heterocycles. The summed E-state index contributed by atoms with van der Waals surface area (Å²) in [6.45, 7) is 10.9. The molecule has 0 heterocycles. The molecule has 0 aliphatic carbocycles. The molecule has 0 aliphatic rings. The lowest BCUT2D eigenvalue weighted by Crippen LogP contribution is -2.25. The molecule has 26 heavy (non-hydrogen) atoms. The molecule has 0 spiro atoms. The highest BCUT2D eigenvalue weighted by Gasteiger charge is 2.29. The van der Waals surface area contributed by atoms with Gasteiger partial charge in [-0.25, -0.2) is 0 Å². The molecule has 2 rings (SSSR count). The number of hydrogen-bond donors (Lipinski definition) is 1. The molecule has 3 nitrogen and oxygen atoms in total. The summed E-state index contributed by atoms with van der Waals surface area (Å²) in [6.07, 6.45) is 0.950. The third-order valence-electron chi connectivity index (χ3n) is 4.44. The highest BCUT2D eigenvalue weighted by Crippen LogP contribution is 2.41. The zero-order valence-electron chi connectivity index (χ0n) is 15.8. The van der Waals surface area contributed by atoms with Gasteiger partial charge >= 0.3 is 0 Å². The van der Waals surface area contributed by atoms with Gasteiger partial charge in [-0.15, -0.1) is 4.91 Å². The van der Waals surface area contributed by atoms with Crippen LogP contribution < -0.4 is 0 Å². The van der Waals surface area contributed by atoms with Gasteiger partial charge in [-0.3, -0.25) is 0 Å². The highest BCUT2D eigenvalue weighted by molar-refractivity contribution is 6.35. The maximum Gasteiger partial charge on any atom is 0.147 e. The van der Waals surface area contributed by atoms with Crippen molar-refractivity contribution in [1.82, 2.24) is 0 Å². The first-order chi connectivity index (χ1) is 11.9. The van der Waals surface area contributed by atoms with E-state index in [0.29, 0.717) is 21.2 Å². The van der Waals surface area contributed by atoms with Crippen molar-refractivity contribution in [3.05, 3.63) is 68.0 Å². The molecule has 1 atom stereocenters. The number of nitroso groups, excluding NO2 is 1. The van der Waals surface area contributed by atoms with Crippen LogP contribution in [0.4, 0.5) is 0 Å². The van der Waals surface area contributed by atoms with Crippen molar-refractivity contribution < 1.29 is 5.11 Å². The summed E-state index contributed by atoms with van der Waals surface area (Å²) >= 11 is 12.2. The summed E-state index contributed by atoms with van der Waals surface area (Å²) in [5.41, 5.74) is 2.02. The lowest BCUT2D eigenvalue weighted by molar-refractivity contribution is 0.284. The van der Waals surface area contributed by atoms with E-state index >= 15 is 0 Å². The SMILES string of the molecule is CC(C)(C)CC(C)(C)c1ccc(O)c(C(N=O)c2ccc(Cl)cc2Cl)c1. The standard InChI is InChI=1S/C21H25Cl2NO2/c1-20(2,3)12-21(4,5)13-6-9-18(25)16(10-13)19(24-26)15-8-7-14(22)11-17(15)23/h6-11,19,25H,12H2,1-5H3. The van der Waals surface area contributed by atoms with Gasteiger partial charge in [0.2, 0.25) is 0 Å². The molecule has 0 aliphatic heterocycles. The van der Waals surface area contributed by atoms with Gasteiger partial charge in [-0.1, -0.05) is 75.1 Å². The average molecular weight is 394 g/mol. The molecule has 5 heteroatoms. The second kappa shape index (κ2) is 7.58. The van der Waals surface area contributed by atoms with E-state index in [4.69, 9.17) is 23.2 Å². The van der Waals surface area contributed by atoms with Crippen molar-refractivity contribution in [2.45, 2.75) is 52.5 Å². The minimum Gasteiger partial charge on any atom is -0.508 e. The molecule has 2 aromatic carbocycles. The van der Waals surface area contributed by atoms with Crippen LogP contribution in [0.3, 0.4) is 0 Å². The molecule has 0 radical (unpaired) electrons. The maximum atomic E-state index is 11.6. The number of rotatable bonds is 5. The first-order valence-electron chi connectivity index (χ1n) is 8.55. The van der Waals surface area contributed by atoms with E-state index in [1.807, 2.05) is 12.1 Å². The van der Waals surface area contributed by atoms with Crippen LogP contribution in [0.2, 0.25) is 10.0 Å². The average Bonchev–Trinajstić information content (AvgIpc) is 2.49. The molecule has 0 saturated carbocycles. The number of aromatic hydroxyl groups is 1. The van der Waals surface area contributed by atoms with Crippen LogP contribution >= 0.6 is 23.2 Å². The normalized spacial score (nSPS) is 13.5. The fraction of sp³-hybridized carbons (Fsp3) is 0.429. The van der Waals surface area contributed by atoms with Crippen LogP contribution in [-0.2, 0) is 5.41 Å². The number of hydrogen-bond acceptors (Lipinski definition) is 3. The van der Waals surface area contributed by atoms with E-state index in [2.05, 4.69) is 39.8 Å². The summed E-state index contributed by atoms with van der Waals surface area (Å²) in [6, 6.07) is 9.38. The number of phenols is 1. The van der Waals surface area contributed by atoms with E-state index in [1.165, 1.54) is 0 Å². The summed E-state index contributed by atoms with van der Waals surface area (Å²) in [5.74, 6) is 0.0240. The maximum absolute atomic E-state index is 11.6. The predicted molar refractivity (Wildman–Crippen MR) is 109 cm³/mol. The van der Waals surface area contributed by atoms with Gasteiger partial charge < -0.3 is 5.11 Å². The van der Waals surface area contributed by atoms with Gasteiger partial charge in [-0.05, 0) is 47.1 Å². The molecule has 140 valence electrons. The third-order valence-corrected chi connectivity index (χ3v) is 5.00. The summed E-state index contributed by atoms with van der Waals surface area (Å²) in [7, 11) is 0. The fourth-order valence-corrected chi connectivity index (χ4v) is 4.14. The van der Waals surface area contributed by atoms with E-state index in [-0.39, 0.29) is 16.6 Å². The Hall–Kier alpha value is -1.58. The first kappa shape index (κ1) is 20.7. The lowest BCUT2D eigenvalue weighted by atomic mass is 9.72. The quantitative estimate of drug-likeness (QED) is 0.542. The third kappa shape index (κ3) is 4.77. The molecular formula is C21H25Cl2NO2. The van der Waals surface area contributed by atoms with E-state index in [0.717, 1.165) is 12.0 Å². The van der Waals surface area contributed by atoms with Crippen molar-refractivity contribution in [3.63, 3.8) is 0 Å². The smallest absolute Gasteiger partial charge is 0.147 e. The van der Waals surface area contributed by atoms with Gasteiger partial charge in [-0.2, -0.15) is 0 Å². The summed E-state index contributed by atoms with van der Waals surface area (Å²) < 4.78 is 0. The molecule has 0 fully saturated rings. The molecular weight excluding hydrogens is 369 g/mol. The molecule has 1 unspecified atom stereocenters. The second-order valence-electron chi connectivity index (χ2n) is 8.57. The van der Waals surface area contributed by atoms with Crippen LogP contribution in [0.15, 0.2) is 41.6 Å². The Labute approximate surface area is 165 Å². The second-order valence-corrected chi connectivity index (χ2v) is 9.41. The Morgan fingerprint density at radius 1 is 1.00 bits per heavy atom. The van der Waals surface area contributed by atoms with Gasteiger partial charge in [0.25, 0.3) is 0 Å². The zero-order valence-corrected chi connectivity index (χ0v) is 17.3. The van der Waals surface area contributed by atoms with Gasteiger partial charge in [0, 0.05) is 21.2 Å². The van der Waals surface area contributed by atoms with Crippen LogP contribution in [-0.4, -0.2) is 5.11 Å².